The van der Waals surface area contributed by atoms with Gasteiger partial charge in [-0.1, -0.05) is 12.1 Å². The van der Waals surface area contributed by atoms with Crippen molar-refractivity contribution in [2.24, 2.45) is 5.73 Å². The number of pyridine rings is 1. The predicted molar refractivity (Wildman–Crippen MR) is 89.9 cm³/mol. The maximum Gasteiger partial charge on any atom is 0.260 e. The number of benzene rings is 1. The average Bonchev–Trinajstić information content (AvgIpc) is 2.88. The number of rotatable bonds is 5. The van der Waals surface area contributed by atoms with Crippen molar-refractivity contribution in [2.45, 2.75) is 6.42 Å². The van der Waals surface area contributed by atoms with Gasteiger partial charge in [0, 0.05) is 12.8 Å². The third kappa shape index (κ3) is 2.96. The number of primary amides is 1. The van der Waals surface area contributed by atoms with Gasteiger partial charge in [-0.15, -0.1) is 11.3 Å². The van der Waals surface area contributed by atoms with Gasteiger partial charge in [-0.3, -0.25) is 4.79 Å². The van der Waals surface area contributed by atoms with Crippen molar-refractivity contribution in [3.05, 3.63) is 47.0 Å². The second-order valence-electron chi connectivity index (χ2n) is 4.92. The number of hydrogen-bond donors (Lipinski definition) is 3. The molecule has 2 heterocycles. The first-order valence-corrected chi connectivity index (χ1v) is 7.76. The first-order chi connectivity index (χ1) is 11.1. The second-order valence-corrected chi connectivity index (χ2v) is 5.92. The Balaban J connectivity index is 1.98. The van der Waals surface area contributed by atoms with Crippen molar-refractivity contribution in [2.75, 3.05) is 12.3 Å². The van der Waals surface area contributed by atoms with Crippen LogP contribution in [0.3, 0.4) is 0 Å². The molecule has 0 aliphatic heterocycles. The molecule has 0 saturated carbocycles. The second kappa shape index (κ2) is 6.23. The molecule has 6 nitrogen and oxygen atoms in total. The summed E-state index contributed by atoms with van der Waals surface area (Å²) in [6.45, 7) is 0.104. The summed E-state index contributed by atoms with van der Waals surface area (Å²) in [5.74, 6) is 0.571. The van der Waals surface area contributed by atoms with E-state index in [0.717, 1.165) is 16.9 Å². The van der Waals surface area contributed by atoms with Crippen molar-refractivity contribution in [1.82, 2.24) is 4.98 Å². The van der Waals surface area contributed by atoms with E-state index >= 15 is 0 Å². The highest BCUT2D eigenvalue weighted by Crippen LogP contribution is 2.39. The van der Waals surface area contributed by atoms with Gasteiger partial charge in [-0.25, -0.2) is 4.98 Å². The fraction of sp³-hybridized carbons (Fsp3) is 0.125. The van der Waals surface area contributed by atoms with E-state index in [0.29, 0.717) is 28.1 Å². The Morgan fingerprint density at radius 3 is 2.65 bits per heavy atom. The van der Waals surface area contributed by atoms with Crippen LogP contribution in [-0.4, -0.2) is 22.6 Å². The third-order valence-electron chi connectivity index (χ3n) is 3.37. The number of fused-ring (bicyclic) bond motifs is 1. The van der Waals surface area contributed by atoms with Gasteiger partial charge >= 0.3 is 0 Å². The number of anilines is 1. The molecule has 3 rings (SSSR count). The zero-order valence-electron chi connectivity index (χ0n) is 12.2. The Kier molecular flexibility index (Phi) is 4.14. The van der Waals surface area contributed by atoms with Gasteiger partial charge in [0.15, 0.2) is 0 Å². The van der Waals surface area contributed by atoms with Gasteiger partial charge in [-0.05, 0) is 30.2 Å². The Hall–Kier alpha value is -2.64. The van der Waals surface area contributed by atoms with Crippen LogP contribution in [0.25, 0.3) is 10.2 Å². The number of ether oxygens (including phenoxy) is 1. The number of hydrogen-bond acceptors (Lipinski definition) is 6. The Morgan fingerprint density at radius 1 is 1.26 bits per heavy atom. The molecule has 0 unspecified atom stereocenters. The lowest BCUT2D eigenvalue weighted by molar-refractivity contribution is 0.100. The highest BCUT2D eigenvalue weighted by molar-refractivity contribution is 7.21. The molecule has 0 atom stereocenters. The maximum atomic E-state index is 11.4. The van der Waals surface area contributed by atoms with Crippen LogP contribution in [0, 0.1) is 0 Å². The number of thiophene rings is 1. The quantitative estimate of drug-likeness (QED) is 0.665. The fourth-order valence-electron chi connectivity index (χ4n) is 2.26. The third-order valence-corrected chi connectivity index (χ3v) is 4.49. The lowest BCUT2D eigenvalue weighted by Crippen LogP contribution is -2.10. The SMILES string of the molecule is NC(=O)c1sc2nccc(Oc3ccc(CCO)cc3)c2c1N. The molecule has 7 heteroatoms. The molecule has 1 aromatic carbocycles. The summed E-state index contributed by atoms with van der Waals surface area (Å²) in [5.41, 5.74) is 12.7. The van der Waals surface area contributed by atoms with Crippen LogP contribution in [-0.2, 0) is 6.42 Å². The van der Waals surface area contributed by atoms with Gasteiger partial charge in [0.25, 0.3) is 5.91 Å². The van der Waals surface area contributed by atoms with Gasteiger partial charge in [0.2, 0.25) is 0 Å². The van der Waals surface area contributed by atoms with E-state index in [1.54, 1.807) is 12.3 Å². The zero-order chi connectivity index (χ0) is 16.4. The summed E-state index contributed by atoms with van der Waals surface area (Å²) >= 11 is 1.15. The van der Waals surface area contributed by atoms with E-state index in [1.165, 1.54) is 0 Å². The van der Waals surface area contributed by atoms with Crippen LogP contribution in [0.5, 0.6) is 11.5 Å². The van der Waals surface area contributed by atoms with Crippen molar-refractivity contribution < 1.29 is 14.6 Å². The molecular weight excluding hydrogens is 314 g/mol. The summed E-state index contributed by atoms with van der Waals surface area (Å²) in [4.78, 5) is 16.5. The number of nitrogens with zero attached hydrogens (tertiary/aromatic N) is 1. The zero-order valence-corrected chi connectivity index (χ0v) is 13.0. The molecule has 0 aliphatic carbocycles. The molecule has 0 spiro atoms. The predicted octanol–water partition coefficient (Wildman–Crippen LogP) is 2.30. The summed E-state index contributed by atoms with van der Waals surface area (Å²) in [6.07, 6.45) is 2.19. The van der Waals surface area contributed by atoms with Crippen molar-refractivity contribution in [3.63, 3.8) is 0 Å². The van der Waals surface area contributed by atoms with E-state index in [-0.39, 0.29) is 17.2 Å². The minimum Gasteiger partial charge on any atom is -0.456 e. The van der Waals surface area contributed by atoms with E-state index < -0.39 is 5.91 Å². The first-order valence-electron chi connectivity index (χ1n) is 6.94. The summed E-state index contributed by atoms with van der Waals surface area (Å²) in [5, 5.41) is 9.52. The number of nitrogen functional groups attached to an aromatic ring is 1. The van der Waals surface area contributed by atoms with Gasteiger partial charge in [0.05, 0.1) is 11.1 Å². The van der Waals surface area contributed by atoms with Crippen molar-refractivity contribution >= 4 is 33.1 Å². The van der Waals surface area contributed by atoms with Crippen LogP contribution >= 0.6 is 11.3 Å². The Labute approximate surface area is 136 Å². The molecule has 2 aromatic heterocycles. The molecule has 3 aromatic rings. The molecular formula is C16H15N3O3S. The Bertz CT molecular complexity index is 859. The number of amides is 1. The van der Waals surface area contributed by atoms with Crippen LogP contribution in [0.4, 0.5) is 5.69 Å². The summed E-state index contributed by atoms with van der Waals surface area (Å²) in [7, 11) is 0. The van der Waals surface area contributed by atoms with E-state index in [2.05, 4.69) is 4.98 Å². The smallest absolute Gasteiger partial charge is 0.260 e. The number of carbonyl (C=O) groups excluding carboxylic acids is 1. The number of aliphatic hydroxyl groups excluding tert-OH is 1. The number of aromatic nitrogens is 1. The van der Waals surface area contributed by atoms with Gasteiger partial charge in [-0.2, -0.15) is 0 Å². The van der Waals surface area contributed by atoms with Crippen LogP contribution in [0.1, 0.15) is 15.2 Å². The van der Waals surface area contributed by atoms with Gasteiger partial charge < -0.3 is 21.3 Å². The van der Waals surface area contributed by atoms with Crippen LogP contribution in [0.2, 0.25) is 0 Å². The fourth-order valence-corrected chi connectivity index (χ4v) is 3.20. The minimum atomic E-state index is -0.579. The molecule has 5 N–H and O–H groups in total. The maximum absolute atomic E-state index is 11.4. The normalized spacial score (nSPS) is 10.8. The molecule has 0 radical (unpaired) electrons. The van der Waals surface area contributed by atoms with E-state index in [9.17, 15) is 4.79 Å². The summed E-state index contributed by atoms with van der Waals surface area (Å²) in [6, 6.07) is 9.09. The molecule has 23 heavy (non-hydrogen) atoms. The molecule has 1 amide bonds. The van der Waals surface area contributed by atoms with Crippen molar-refractivity contribution in [1.29, 1.82) is 0 Å². The topological polar surface area (TPSA) is 111 Å². The molecule has 0 saturated heterocycles. The standard InChI is InChI=1S/C16H15N3O3S/c17-13-12-11(5-7-19-16(12)23-14(13)15(18)21)22-10-3-1-9(2-4-10)6-8-20/h1-5,7,20H,6,8,17H2,(H2,18,21). The van der Waals surface area contributed by atoms with Gasteiger partial charge in [0.1, 0.15) is 21.2 Å². The highest BCUT2D eigenvalue weighted by atomic mass is 32.1. The average molecular weight is 329 g/mol. The van der Waals surface area contributed by atoms with E-state index in [1.807, 2.05) is 24.3 Å². The minimum absolute atomic E-state index is 0.104. The lowest BCUT2D eigenvalue weighted by Gasteiger charge is -2.08. The van der Waals surface area contributed by atoms with Crippen LogP contribution in [0.15, 0.2) is 36.5 Å². The lowest BCUT2D eigenvalue weighted by atomic mass is 10.1. The van der Waals surface area contributed by atoms with Crippen molar-refractivity contribution in [3.8, 4) is 11.5 Å². The largest absolute Gasteiger partial charge is 0.456 e. The number of nitrogens with two attached hydrogens (primary N) is 2. The highest BCUT2D eigenvalue weighted by Gasteiger charge is 2.18. The molecule has 118 valence electrons. The molecule has 0 bridgehead atoms. The number of carbonyl (C=O) groups is 1. The summed E-state index contributed by atoms with van der Waals surface area (Å²) < 4.78 is 5.87. The van der Waals surface area contributed by atoms with Crippen LogP contribution < -0.4 is 16.2 Å². The first kappa shape index (κ1) is 15.3. The molecule has 0 aliphatic rings. The van der Waals surface area contributed by atoms with E-state index in [4.69, 9.17) is 21.3 Å². The number of aliphatic hydroxyl groups is 1. The Morgan fingerprint density at radius 2 is 2.00 bits per heavy atom. The molecule has 0 fully saturated rings. The monoisotopic (exact) mass is 329 g/mol.